The molecular formula is C36H37Cl2N5O4S. The van der Waals surface area contributed by atoms with E-state index in [1.54, 1.807) is 30.3 Å². The molecule has 250 valence electrons. The van der Waals surface area contributed by atoms with Gasteiger partial charge in [0, 0.05) is 38.2 Å². The lowest BCUT2D eigenvalue weighted by molar-refractivity contribution is -0.134. The molecule has 12 heteroatoms. The Morgan fingerprint density at radius 1 is 0.896 bits per heavy atom. The molecule has 9 nitrogen and oxygen atoms in total. The summed E-state index contributed by atoms with van der Waals surface area (Å²) in [6.45, 7) is 3.07. The first-order valence-corrected chi connectivity index (χ1v) is 18.3. The van der Waals surface area contributed by atoms with Crippen molar-refractivity contribution in [3.8, 4) is 0 Å². The van der Waals surface area contributed by atoms with Crippen LogP contribution in [0.2, 0.25) is 10.0 Å². The second kappa shape index (κ2) is 15.1. The van der Waals surface area contributed by atoms with Crippen LogP contribution in [0.5, 0.6) is 0 Å². The van der Waals surface area contributed by atoms with Crippen molar-refractivity contribution in [1.29, 1.82) is 0 Å². The molecule has 1 fully saturated rings. The van der Waals surface area contributed by atoms with E-state index in [-0.39, 0.29) is 28.8 Å². The molecule has 2 aliphatic rings. The molecule has 0 radical (unpaired) electrons. The van der Waals surface area contributed by atoms with Gasteiger partial charge in [0.1, 0.15) is 5.84 Å². The van der Waals surface area contributed by atoms with E-state index in [1.807, 2.05) is 53.4 Å². The molecule has 1 saturated heterocycles. The lowest BCUT2D eigenvalue weighted by atomic mass is 9.96. The van der Waals surface area contributed by atoms with Gasteiger partial charge in [0.05, 0.1) is 33.4 Å². The summed E-state index contributed by atoms with van der Waals surface area (Å²) in [5.74, 6) is -0.0345. The molecule has 4 aromatic carbocycles. The third-order valence-electron chi connectivity index (χ3n) is 8.76. The molecule has 2 heterocycles. The number of nitrogens with one attached hydrogen (secondary N) is 3. The van der Waals surface area contributed by atoms with Crippen LogP contribution in [-0.2, 0) is 26.0 Å². The number of likely N-dealkylation sites (tertiary alicyclic amines) is 1. The normalized spacial score (nSPS) is 16.0. The van der Waals surface area contributed by atoms with E-state index in [2.05, 4.69) is 20.3 Å². The van der Waals surface area contributed by atoms with E-state index >= 15 is 0 Å². The van der Waals surface area contributed by atoms with Gasteiger partial charge in [-0.15, -0.1) is 0 Å². The highest BCUT2D eigenvalue weighted by molar-refractivity contribution is 7.89. The number of amides is 2. The average molecular weight is 707 g/mol. The summed E-state index contributed by atoms with van der Waals surface area (Å²) in [4.78, 5) is 33.5. The zero-order chi connectivity index (χ0) is 33.7. The number of nitrogens with zero attached hydrogens (tertiary/aromatic N) is 2. The number of carbonyl (C=O) groups is 2. The van der Waals surface area contributed by atoms with Crippen LogP contribution in [0.1, 0.15) is 42.0 Å². The second-order valence-corrected chi connectivity index (χ2v) is 14.7. The first-order chi connectivity index (χ1) is 23.2. The van der Waals surface area contributed by atoms with Crippen molar-refractivity contribution < 1.29 is 18.0 Å². The number of fused-ring (bicyclic) bond motifs is 1. The third-order valence-corrected chi connectivity index (χ3v) is 11.0. The molecule has 3 N–H and O–H groups in total. The smallest absolute Gasteiger partial charge is 0.241 e. The third kappa shape index (κ3) is 8.18. The molecule has 48 heavy (non-hydrogen) atoms. The van der Waals surface area contributed by atoms with Crippen molar-refractivity contribution in [3.05, 3.63) is 112 Å². The van der Waals surface area contributed by atoms with Crippen molar-refractivity contribution in [3.63, 3.8) is 0 Å². The minimum atomic E-state index is -4.05. The van der Waals surface area contributed by atoms with E-state index in [0.29, 0.717) is 30.1 Å². The van der Waals surface area contributed by atoms with Crippen molar-refractivity contribution >= 4 is 61.6 Å². The molecule has 0 aromatic heterocycles. The molecule has 0 aliphatic carbocycles. The molecule has 1 unspecified atom stereocenters. The van der Waals surface area contributed by atoms with Gasteiger partial charge in [0.15, 0.2) is 0 Å². The number of benzene rings is 4. The van der Waals surface area contributed by atoms with Gasteiger partial charge < -0.3 is 15.5 Å². The van der Waals surface area contributed by atoms with Crippen LogP contribution in [0, 0.1) is 5.92 Å². The first-order valence-electron chi connectivity index (χ1n) is 16.1. The summed E-state index contributed by atoms with van der Waals surface area (Å²) in [6, 6.07) is 24.1. The lowest BCUT2D eigenvalue weighted by Crippen LogP contribution is -2.42. The highest BCUT2D eigenvalue weighted by Gasteiger charge is 2.29. The maximum absolute atomic E-state index is 13.6. The van der Waals surface area contributed by atoms with E-state index in [4.69, 9.17) is 23.2 Å². The zero-order valence-electron chi connectivity index (χ0n) is 26.3. The topological polar surface area (TPSA) is 120 Å². The van der Waals surface area contributed by atoms with E-state index in [9.17, 15) is 18.0 Å². The number of hydrogen-bond donors (Lipinski definition) is 3. The molecule has 2 aliphatic heterocycles. The van der Waals surface area contributed by atoms with Crippen LogP contribution in [0.25, 0.3) is 10.8 Å². The Hall–Kier alpha value is -3.96. The molecule has 4 aromatic rings. The number of carbonyl (C=O) groups excluding carboxylic acids is 2. The van der Waals surface area contributed by atoms with Crippen LogP contribution in [0.15, 0.2) is 94.8 Å². The summed E-state index contributed by atoms with van der Waals surface area (Å²) in [6.07, 6.45) is 2.13. The first kappa shape index (κ1) is 33.9. The Morgan fingerprint density at radius 2 is 1.65 bits per heavy atom. The van der Waals surface area contributed by atoms with Crippen molar-refractivity contribution in [1.82, 2.24) is 20.3 Å². The van der Waals surface area contributed by atoms with E-state index in [1.165, 1.54) is 6.07 Å². The number of amidine groups is 1. The Morgan fingerprint density at radius 3 is 2.35 bits per heavy atom. The second-order valence-electron chi connectivity index (χ2n) is 12.2. The number of halogens is 2. The zero-order valence-corrected chi connectivity index (χ0v) is 28.6. The van der Waals surface area contributed by atoms with Gasteiger partial charge in [-0.05, 0) is 65.4 Å². The molecule has 0 bridgehead atoms. The minimum absolute atomic E-state index is 0.00301. The average Bonchev–Trinajstić information content (AvgIpc) is 3.83. The SMILES string of the molecule is O=C(C[C@H](NS(=O)(=O)c1ccc2ccccc2c1)c1ccc(Cl)c(Cl)c1)NCC(Cc1ccc(C2=NCCN2)cc1)C(=O)N1CCCC1. The monoisotopic (exact) mass is 705 g/mol. The van der Waals surface area contributed by atoms with Crippen LogP contribution in [0.4, 0.5) is 0 Å². The van der Waals surface area contributed by atoms with Crippen LogP contribution < -0.4 is 15.4 Å². The van der Waals surface area contributed by atoms with E-state index in [0.717, 1.165) is 53.7 Å². The maximum atomic E-state index is 13.6. The summed E-state index contributed by atoms with van der Waals surface area (Å²) in [7, 11) is -4.05. The summed E-state index contributed by atoms with van der Waals surface area (Å²) < 4.78 is 30.0. The fraction of sp³-hybridized carbons (Fsp3) is 0.306. The van der Waals surface area contributed by atoms with Gasteiger partial charge in [-0.1, -0.05) is 83.9 Å². The Balaban J connectivity index is 1.19. The van der Waals surface area contributed by atoms with Gasteiger partial charge >= 0.3 is 0 Å². The Bertz CT molecular complexity index is 1950. The standard InChI is InChI=1S/C36H37Cl2N5O4S/c37-31-14-12-28(21-32(31)38)33(42-48(46,47)30-13-11-25-5-1-2-6-27(25)20-30)22-34(44)41-23-29(36(45)43-17-3-4-18-43)19-24-7-9-26(10-8-24)35-39-15-16-40-35/h1-2,5-14,20-21,29,33,42H,3-4,15-19,22-23H2,(H,39,40)(H,41,44)/t29?,33-/m0/s1. The summed E-state index contributed by atoms with van der Waals surface area (Å²) in [5, 5.41) is 8.43. The Labute approximate surface area is 290 Å². The molecule has 2 atom stereocenters. The fourth-order valence-electron chi connectivity index (χ4n) is 6.16. The number of hydrogen-bond acceptors (Lipinski definition) is 6. The van der Waals surface area contributed by atoms with Crippen LogP contribution in [0.3, 0.4) is 0 Å². The quantitative estimate of drug-likeness (QED) is 0.180. The maximum Gasteiger partial charge on any atom is 0.241 e. The number of aliphatic imine (C=N–C) groups is 1. The lowest BCUT2D eigenvalue weighted by Gasteiger charge is -2.24. The predicted molar refractivity (Wildman–Crippen MR) is 190 cm³/mol. The highest BCUT2D eigenvalue weighted by atomic mass is 35.5. The van der Waals surface area contributed by atoms with Gasteiger partial charge in [-0.3, -0.25) is 14.6 Å². The largest absolute Gasteiger partial charge is 0.368 e. The van der Waals surface area contributed by atoms with Crippen molar-refractivity contribution in [2.75, 3.05) is 32.7 Å². The highest BCUT2D eigenvalue weighted by Crippen LogP contribution is 2.29. The van der Waals surface area contributed by atoms with Gasteiger partial charge in [0.2, 0.25) is 21.8 Å². The molecule has 0 spiro atoms. The molecular weight excluding hydrogens is 669 g/mol. The van der Waals surface area contributed by atoms with Gasteiger partial charge in [-0.2, -0.15) is 0 Å². The van der Waals surface area contributed by atoms with Crippen molar-refractivity contribution in [2.45, 2.75) is 36.6 Å². The van der Waals surface area contributed by atoms with Gasteiger partial charge in [0.25, 0.3) is 0 Å². The fourth-order valence-corrected chi connectivity index (χ4v) is 7.72. The number of sulfonamides is 1. The van der Waals surface area contributed by atoms with Crippen LogP contribution in [-0.4, -0.2) is 63.7 Å². The molecule has 2 amide bonds. The minimum Gasteiger partial charge on any atom is -0.368 e. The van der Waals surface area contributed by atoms with E-state index < -0.39 is 27.9 Å². The predicted octanol–water partition coefficient (Wildman–Crippen LogP) is 5.50. The number of rotatable bonds is 12. The summed E-state index contributed by atoms with van der Waals surface area (Å²) >= 11 is 12.5. The molecule has 0 saturated carbocycles. The van der Waals surface area contributed by atoms with Gasteiger partial charge in [-0.25, -0.2) is 13.1 Å². The summed E-state index contributed by atoms with van der Waals surface area (Å²) in [5.41, 5.74) is 2.45. The van der Waals surface area contributed by atoms with Crippen LogP contribution >= 0.6 is 23.2 Å². The van der Waals surface area contributed by atoms with Crippen molar-refractivity contribution in [2.24, 2.45) is 10.9 Å². The Kier molecular flexibility index (Phi) is 10.7. The molecule has 6 rings (SSSR count).